The fourth-order valence-corrected chi connectivity index (χ4v) is 4.23. The normalized spacial score (nSPS) is 17.0. The molecule has 1 atom stereocenters. The lowest BCUT2D eigenvalue weighted by atomic mass is 10.1. The number of hydrogen-bond donors (Lipinski definition) is 1. The maximum absolute atomic E-state index is 12.6. The van der Waals surface area contributed by atoms with Gasteiger partial charge in [0.1, 0.15) is 0 Å². The van der Waals surface area contributed by atoms with E-state index in [0.717, 1.165) is 19.3 Å². The molecule has 0 spiro atoms. The molecule has 1 aromatic carbocycles. The summed E-state index contributed by atoms with van der Waals surface area (Å²) in [5, 5.41) is 0. The predicted octanol–water partition coefficient (Wildman–Crippen LogP) is 0.811. The Morgan fingerprint density at radius 2 is 1.92 bits per heavy atom. The lowest BCUT2D eigenvalue weighted by Crippen LogP contribution is -2.48. The molecule has 2 heterocycles. The number of sulfonamides is 1. The number of carbonyl (C=O) groups excluding carboxylic acids is 1. The van der Waals surface area contributed by atoms with Crippen molar-refractivity contribution in [1.29, 1.82) is 0 Å². The zero-order valence-electron chi connectivity index (χ0n) is 14.2. The monoisotopic (exact) mass is 367 g/mol. The maximum atomic E-state index is 12.6. The number of hydrogen-bond acceptors (Lipinski definition) is 5. The molecule has 0 radical (unpaired) electrons. The molecule has 136 valence electrons. The summed E-state index contributed by atoms with van der Waals surface area (Å²) in [6, 6.07) is 3.32. The molecule has 1 N–H and O–H groups in total. The summed E-state index contributed by atoms with van der Waals surface area (Å²) in [7, 11) is -2.37. The molecule has 0 bridgehead atoms. The van der Waals surface area contributed by atoms with Gasteiger partial charge in [-0.05, 0) is 38.3 Å². The molecule has 1 aliphatic rings. The Bertz CT molecular complexity index is 954. The average Bonchev–Trinajstić information content (AvgIpc) is 2.88. The summed E-state index contributed by atoms with van der Waals surface area (Å²) in [6.45, 7) is 2.85. The first kappa shape index (κ1) is 17.7. The number of piperidine rings is 1. The summed E-state index contributed by atoms with van der Waals surface area (Å²) >= 11 is 0. The van der Waals surface area contributed by atoms with E-state index in [1.807, 2.05) is 0 Å². The second kappa shape index (κ2) is 6.64. The number of carbonyl (C=O) groups is 1. The largest absolute Gasteiger partial charge is 0.419 e. The van der Waals surface area contributed by atoms with E-state index >= 15 is 0 Å². The van der Waals surface area contributed by atoms with Crippen molar-refractivity contribution in [1.82, 2.24) is 14.2 Å². The summed E-state index contributed by atoms with van der Waals surface area (Å²) in [6.07, 6.45) is 2.97. The minimum absolute atomic E-state index is 0.0485. The predicted molar refractivity (Wildman–Crippen MR) is 91.7 cm³/mol. The maximum Gasteiger partial charge on any atom is 0.419 e. The molecular weight excluding hydrogens is 346 g/mol. The molecular formula is C16H21N3O5S. The second-order valence-corrected chi connectivity index (χ2v) is 8.00. The minimum atomic E-state index is -3.91. The van der Waals surface area contributed by atoms with Gasteiger partial charge in [-0.1, -0.05) is 0 Å². The molecule has 1 amide bonds. The van der Waals surface area contributed by atoms with Crippen LogP contribution in [0, 0.1) is 0 Å². The van der Waals surface area contributed by atoms with Crippen molar-refractivity contribution >= 4 is 27.0 Å². The number of aromatic nitrogens is 1. The van der Waals surface area contributed by atoms with Gasteiger partial charge in [0.15, 0.2) is 5.58 Å². The average molecular weight is 367 g/mol. The first-order valence-electron chi connectivity index (χ1n) is 8.20. The van der Waals surface area contributed by atoms with Gasteiger partial charge in [-0.25, -0.2) is 13.2 Å². The first-order chi connectivity index (χ1) is 11.8. The van der Waals surface area contributed by atoms with E-state index in [9.17, 15) is 18.0 Å². The Morgan fingerprint density at radius 3 is 2.60 bits per heavy atom. The van der Waals surface area contributed by atoms with Gasteiger partial charge in [-0.2, -0.15) is 4.72 Å². The van der Waals surface area contributed by atoms with E-state index in [1.54, 1.807) is 11.9 Å². The molecule has 3 rings (SSSR count). The van der Waals surface area contributed by atoms with Crippen LogP contribution in [-0.4, -0.2) is 42.9 Å². The van der Waals surface area contributed by atoms with E-state index < -0.39 is 21.8 Å². The van der Waals surface area contributed by atoms with Crippen LogP contribution in [0.3, 0.4) is 0 Å². The van der Waals surface area contributed by atoms with Crippen molar-refractivity contribution in [2.75, 3.05) is 13.1 Å². The Hall–Kier alpha value is -2.13. The van der Waals surface area contributed by atoms with E-state index in [1.165, 1.54) is 29.7 Å². The smallest absolute Gasteiger partial charge is 0.408 e. The van der Waals surface area contributed by atoms with Crippen molar-refractivity contribution in [3.05, 3.63) is 28.7 Å². The van der Waals surface area contributed by atoms with E-state index in [0.29, 0.717) is 18.6 Å². The summed E-state index contributed by atoms with van der Waals surface area (Å²) < 4.78 is 33.8. The molecule has 8 nitrogen and oxygen atoms in total. The Kier molecular flexibility index (Phi) is 4.70. The van der Waals surface area contributed by atoms with E-state index in [2.05, 4.69) is 4.72 Å². The number of likely N-dealkylation sites (tertiary alicyclic amines) is 1. The highest BCUT2D eigenvalue weighted by Gasteiger charge is 2.27. The lowest BCUT2D eigenvalue weighted by Gasteiger charge is -2.29. The number of oxazole rings is 1. The Balaban J connectivity index is 1.81. The third kappa shape index (κ3) is 3.47. The molecule has 25 heavy (non-hydrogen) atoms. The lowest BCUT2D eigenvalue weighted by molar-refractivity contribution is -0.133. The van der Waals surface area contributed by atoms with Gasteiger partial charge >= 0.3 is 5.76 Å². The van der Waals surface area contributed by atoms with Gasteiger partial charge in [0, 0.05) is 26.2 Å². The first-order valence-corrected chi connectivity index (χ1v) is 9.68. The van der Waals surface area contributed by atoms with Crippen molar-refractivity contribution in [2.45, 2.75) is 37.1 Å². The van der Waals surface area contributed by atoms with Gasteiger partial charge in [-0.15, -0.1) is 0 Å². The van der Waals surface area contributed by atoms with Gasteiger partial charge in [-0.3, -0.25) is 9.36 Å². The number of rotatable bonds is 4. The highest BCUT2D eigenvalue weighted by molar-refractivity contribution is 7.89. The van der Waals surface area contributed by atoms with Crippen molar-refractivity contribution < 1.29 is 17.6 Å². The topological polar surface area (TPSA) is 102 Å². The van der Waals surface area contributed by atoms with E-state index in [4.69, 9.17) is 4.42 Å². The fraction of sp³-hybridized carbons (Fsp3) is 0.500. The third-order valence-corrected chi connectivity index (χ3v) is 5.98. The molecule has 2 aromatic rings. The zero-order valence-corrected chi connectivity index (χ0v) is 15.0. The van der Waals surface area contributed by atoms with Crippen molar-refractivity contribution in [3.8, 4) is 0 Å². The quantitative estimate of drug-likeness (QED) is 0.862. The molecule has 1 aromatic heterocycles. The van der Waals surface area contributed by atoms with Crippen LogP contribution in [0.2, 0.25) is 0 Å². The highest BCUT2D eigenvalue weighted by atomic mass is 32.2. The third-order valence-electron chi connectivity index (χ3n) is 4.44. The van der Waals surface area contributed by atoms with E-state index in [-0.39, 0.29) is 16.4 Å². The number of amides is 1. The van der Waals surface area contributed by atoms with Gasteiger partial charge in [0.25, 0.3) is 0 Å². The standard InChI is InChI=1S/C16H21N3O5S/c1-11(15(20)19-8-4-3-5-9-19)17-25(22,23)12-6-7-13-14(10-12)24-16(21)18(13)2/h6-7,10-11,17H,3-5,8-9H2,1-2H3/t11-/m0/s1. The molecule has 1 fully saturated rings. The van der Waals surface area contributed by atoms with Crippen LogP contribution < -0.4 is 10.5 Å². The zero-order chi connectivity index (χ0) is 18.2. The Labute approximate surface area is 145 Å². The number of nitrogens with zero attached hydrogens (tertiary/aromatic N) is 2. The van der Waals surface area contributed by atoms with Crippen molar-refractivity contribution in [2.24, 2.45) is 7.05 Å². The van der Waals surface area contributed by atoms with Crippen LogP contribution in [0.5, 0.6) is 0 Å². The molecule has 1 saturated heterocycles. The number of benzene rings is 1. The van der Waals surface area contributed by atoms with Crippen LogP contribution in [-0.2, 0) is 21.9 Å². The van der Waals surface area contributed by atoms with Gasteiger partial charge in [0.2, 0.25) is 15.9 Å². The number of fused-ring (bicyclic) bond motifs is 1. The summed E-state index contributed by atoms with van der Waals surface area (Å²) in [5.41, 5.74) is 0.687. The number of nitrogens with one attached hydrogen (secondary N) is 1. The minimum Gasteiger partial charge on any atom is -0.408 e. The fourth-order valence-electron chi connectivity index (χ4n) is 3.02. The van der Waals surface area contributed by atoms with Gasteiger partial charge < -0.3 is 9.32 Å². The van der Waals surface area contributed by atoms with Gasteiger partial charge in [0.05, 0.1) is 16.5 Å². The molecule has 0 aliphatic carbocycles. The van der Waals surface area contributed by atoms with Crippen LogP contribution in [0.15, 0.2) is 32.3 Å². The molecule has 9 heteroatoms. The molecule has 1 aliphatic heterocycles. The number of aryl methyl sites for hydroxylation is 1. The summed E-state index contributed by atoms with van der Waals surface area (Å²) in [4.78, 5) is 25.6. The second-order valence-electron chi connectivity index (χ2n) is 6.29. The summed E-state index contributed by atoms with van der Waals surface area (Å²) in [5.74, 6) is -0.790. The van der Waals surface area contributed by atoms with Crippen LogP contribution >= 0.6 is 0 Å². The molecule has 0 saturated carbocycles. The molecule has 0 unspecified atom stereocenters. The highest BCUT2D eigenvalue weighted by Crippen LogP contribution is 2.18. The van der Waals surface area contributed by atoms with Crippen molar-refractivity contribution in [3.63, 3.8) is 0 Å². The van der Waals surface area contributed by atoms with Crippen LogP contribution in [0.25, 0.3) is 11.1 Å². The van der Waals surface area contributed by atoms with Crippen LogP contribution in [0.1, 0.15) is 26.2 Å². The SMILES string of the molecule is C[C@H](NS(=O)(=O)c1ccc2c(c1)oc(=O)n2C)C(=O)N1CCCCC1. The van der Waals surface area contributed by atoms with Crippen LogP contribution in [0.4, 0.5) is 0 Å². The Morgan fingerprint density at radius 1 is 1.24 bits per heavy atom.